The molecule has 0 radical (unpaired) electrons. The molecule has 0 aromatic heterocycles. The highest BCUT2D eigenvalue weighted by Gasteiger charge is 2.40. The van der Waals surface area contributed by atoms with E-state index in [1.54, 1.807) is 42.5 Å². The van der Waals surface area contributed by atoms with E-state index in [0.29, 0.717) is 27.2 Å². The number of methoxy groups -OCH3 is 1. The van der Waals surface area contributed by atoms with Crippen molar-refractivity contribution < 1.29 is 14.3 Å². The van der Waals surface area contributed by atoms with E-state index in [0.717, 1.165) is 4.90 Å². The molecule has 124 valence electrons. The van der Waals surface area contributed by atoms with Crippen molar-refractivity contribution in [3.05, 3.63) is 52.5 Å². The summed E-state index contributed by atoms with van der Waals surface area (Å²) in [6, 6.07) is 11.2. The molecule has 3 rings (SSSR count). The van der Waals surface area contributed by atoms with Gasteiger partial charge in [-0.3, -0.25) is 9.59 Å². The second-order valence-electron chi connectivity index (χ2n) is 5.27. The summed E-state index contributed by atoms with van der Waals surface area (Å²) in [7, 11) is 1.53. The normalized spacial score (nSPS) is 17.3. The van der Waals surface area contributed by atoms with Crippen molar-refractivity contribution in [1.82, 2.24) is 0 Å². The molecule has 2 amide bonds. The number of halogens is 2. The van der Waals surface area contributed by atoms with Crippen molar-refractivity contribution in [2.45, 2.75) is 12.5 Å². The minimum Gasteiger partial charge on any atom is -0.497 e. The first-order valence-electron chi connectivity index (χ1n) is 7.22. The van der Waals surface area contributed by atoms with Crippen molar-refractivity contribution in [3.63, 3.8) is 0 Å². The first kappa shape index (κ1) is 16.6. The summed E-state index contributed by atoms with van der Waals surface area (Å²) >= 11 is 12.1. The summed E-state index contributed by atoms with van der Waals surface area (Å²) in [6.07, 6.45) is 0.0406. The van der Waals surface area contributed by atoms with E-state index in [1.165, 1.54) is 7.11 Å². The van der Waals surface area contributed by atoms with Gasteiger partial charge in [-0.1, -0.05) is 35.3 Å². The quantitative estimate of drug-likeness (QED) is 0.839. The van der Waals surface area contributed by atoms with Gasteiger partial charge in [0.2, 0.25) is 5.91 Å². The van der Waals surface area contributed by atoms with E-state index >= 15 is 0 Å². The first-order valence-corrected chi connectivity index (χ1v) is 7.98. The Morgan fingerprint density at radius 3 is 2.67 bits per heavy atom. The standard InChI is InChI=1S/C17H14Cl2N2O3/c1-24-11-5-2-4-10(8-11)21-15(22)9-14(17(21)23)20-13-7-3-6-12(18)16(13)19/h2-8,14,20H,9H2,1H3. The lowest BCUT2D eigenvalue weighted by atomic mass is 10.2. The Hall–Kier alpha value is -2.24. The molecule has 1 saturated heterocycles. The predicted molar refractivity (Wildman–Crippen MR) is 94.0 cm³/mol. The average molecular weight is 365 g/mol. The monoisotopic (exact) mass is 364 g/mol. The van der Waals surface area contributed by atoms with E-state index < -0.39 is 6.04 Å². The summed E-state index contributed by atoms with van der Waals surface area (Å²) in [5.41, 5.74) is 0.994. The fraction of sp³-hybridized carbons (Fsp3) is 0.176. The molecule has 7 heteroatoms. The zero-order valence-corrected chi connectivity index (χ0v) is 14.3. The second-order valence-corrected chi connectivity index (χ2v) is 6.06. The molecule has 1 aliphatic heterocycles. The second kappa shape index (κ2) is 6.71. The number of ether oxygens (including phenoxy) is 1. The molecule has 5 nitrogen and oxygen atoms in total. The van der Waals surface area contributed by atoms with Crippen LogP contribution in [0.3, 0.4) is 0 Å². The van der Waals surface area contributed by atoms with Crippen LogP contribution in [0.4, 0.5) is 11.4 Å². The van der Waals surface area contributed by atoms with Gasteiger partial charge in [0.1, 0.15) is 11.8 Å². The van der Waals surface area contributed by atoms with Crippen LogP contribution >= 0.6 is 23.2 Å². The number of imide groups is 1. The number of hydrogen-bond donors (Lipinski definition) is 1. The lowest BCUT2D eigenvalue weighted by molar-refractivity contribution is -0.121. The van der Waals surface area contributed by atoms with Gasteiger partial charge in [0.15, 0.2) is 0 Å². The van der Waals surface area contributed by atoms with Gasteiger partial charge in [-0.15, -0.1) is 0 Å². The summed E-state index contributed by atoms with van der Waals surface area (Å²) in [5.74, 6) is -0.0596. The number of nitrogens with one attached hydrogen (secondary N) is 1. The van der Waals surface area contributed by atoms with Gasteiger partial charge in [0.25, 0.3) is 5.91 Å². The molecule has 0 bridgehead atoms. The average Bonchev–Trinajstić information content (AvgIpc) is 2.85. The van der Waals surface area contributed by atoms with Crippen molar-refractivity contribution in [2.24, 2.45) is 0 Å². The molecule has 0 aliphatic carbocycles. The maximum Gasteiger partial charge on any atom is 0.256 e. The highest BCUT2D eigenvalue weighted by Crippen LogP contribution is 2.32. The Labute approximate surface area is 149 Å². The van der Waals surface area contributed by atoms with Gasteiger partial charge < -0.3 is 10.1 Å². The smallest absolute Gasteiger partial charge is 0.256 e. The fourth-order valence-corrected chi connectivity index (χ4v) is 2.92. The summed E-state index contributed by atoms with van der Waals surface area (Å²) < 4.78 is 5.14. The molecule has 2 aromatic rings. The molecule has 1 fully saturated rings. The van der Waals surface area contributed by atoms with E-state index in [1.807, 2.05) is 0 Å². The first-order chi connectivity index (χ1) is 11.5. The molecule has 0 spiro atoms. The third kappa shape index (κ3) is 3.05. The van der Waals surface area contributed by atoms with Crippen LogP contribution in [0.25, 0.3) is 0 Å². The summed E-state index contributed by atoms with van der Waals surface area (Å²) in [5, 5.41) is 3.70. The zero-order valence-electron chi connectivity index (χ0n) is 12.8. The lowest BCUT2D eigenvalue weighted by Crippen LogP contribution is -2.34. The topological polar surface area (TPSA) is 58.6 Å². The van der Waals surface area contributed by atoms with E-state index in [-0.39, 0.29) is 18.2 Å². The van der Waals surface area contributed by atoms with Crippen LogP contribution in [0.1, 0.15) is 6.42 Å². The molecule has 1 N–H and O–H groups in total. The molecule has 24 heavy (non-hydrogen) atoms. The van der Waals surface area contributed by atoms with Crippen LogP contribution in [0.2, 0.25) is 10.0 Å². The number of hydrogen-bond acceptors (Lipinski definition) is 4. The molecular formula is C17H14Cl2N2O3. The predicted octanol–water partition coefficient (Wildman–Crippen LogP) is 3.75. The number of anilines is 2. The number of benzene rings is 2. The van der Waals surface area contributed by atoms with Gasteiger partial charge >= 0.3 is 0 Å². The number of carbonyl (C=O) groups is 2. The van der Waals surface area contributed by atoms with Gasteiger partial charge in [-0.2, -0.15) is 0 Å². The van der Waals surface area contributed by atoms with E-state index in [9.17, 15) is 9.59 Å². The maximum atomic E-state index is 12.6. The van der Waals surface area contributed by atoms with Crippen LogP contribution < -0.4 is 15.0 Å². The maximum absolute atomic E-state index is 12.6. The Bertz CT molecular complexity index is 810. The molecule has 1 aliphatic rings. The number of nitrogens with zero attached hydrogens (tertiary/aromatic N) is 1. The van der Waals surface area contributed by atoms with Crippen molar-refractivity contribution >= 4 is 46.4 Å². The Balaban J connectivity index is 1.85. The van der Waals surface area contributed by atoms with Crippen LogP contribution in [-0.4, -0.2) is 25.0 Å². The van der Waals surface area contributed by atoms with Gasteiger partial charge in [-0.25, -0.2) is 4.90 Å². The van der Waals surface area contributed by atoms with Gasteiger partial charge in [0.05, 0.1) is 35.0 Å². The third-order valence-corrected chi connectivity index (χ3v) is 4.56. The fourth-order valence-electron chi connectivity index (χ4n) is 2.57. The Morgan fingerprint density at radius 2 is 1.92 bits per heavy atom. The Morgan fingerprint density at radius 1 is 1.17 bits per heavy atom. The minimum absolute atomic E-state index is 0.0406. The molecular weight excluding hydrogens is 351 g/mol. The minimum atomic E-state index is -0.695. The largest absolute Gasteiger partial charge is 0.497 e. The van der Waals surface area contributed by atoms with E-state index in [4.69, 9.17) is 27.9 Å². The Kier molecular flexibility index (Phi) is 4.64. The van der Waals surface area contributed by atoms with Gasteiger partial charge in [-0.05, 0) is 24.3 Å². The van der Waals surface area contributed by atoms with Crippen LogP contribution in [0, 0.1) is 0 Å². The van der Waals surface area contributed by atoms with Crippen LogP contribution in [-0.2, 0) is 9.59 Å². The number of rotatable bonds is 4. The van der Waals surface area contributed by atoms with Gasteiger partial charge in [0, 0.05) is 6.07 Å². The molecule has 2 aromatic carbocycles. The zero-order chi connectivity index (χ0) is 17.3. The van der Waals surface area contributed by atoms with Crippen LogP contribution in [0.15, 0.2) is 42.5 Å². The molecule has 1 atom stereocenters. The number of amides is 2. The highest BCUT2D eigenvalue weighted by atomic mass is 35.5. The highest BCUT2D eigenvalue weighted by molar-refractivity contribution is 6.43. The molecule has 1 unspecified atom stereocenters. The van der Waals surface area contributed by atoms with Crippen molar-refractivity contribution in [2.75, 3.05) is 17.3 Å². The SMILES string of the molecule is COc1cccc(N2C(=O)CC(Nc3cccc(Cl)c3Cl)C2=O)c1. The third-order valence-electron chi connectivity index (χ3n) is 3.74. The molecule has 0 saturated carbocycles. The molecule has 1 heterocycles. The van der Waals surface area contributed by atoms with Crippen molar-refractivity contribution in [3.8, 4) is 5.75 Å². The number of carbonyl (C=O) groups excluding carboxylic acids is 2. The lowest BCUT2D eigenvalue weighted by Gasteiger charge is -2.17. The van der Waals surface area contributed by atoms with E-state index in [2.05, 4.69) is 5.32 Å². The summed E-state index contributed by atoms with van der Waals surface area (Å²) in [4.78, 5) is 26.1. The summed E-state index contributed by atoms with van der Waals surface area (Å²) in [6.45, 7) is 0. The van der Waals surface area contributed by atoms with Crippen LogP contribution in [0.5, 0.6) is 5.75 Å². The van der Waals surface area contributed by atoms with Crippen molar-refractivity contribution in [1.29, 1.82) is 0 Å².